The summed E-state index contributed by atoms with van der Waals surface area (Å²) in [5.41, 5.74) is 3.36. The van der Waals surface area contributed by atoms with Crippen LogP contribution in [-0.4, -0.2) is 32.6 Å². The minimum atomic E-state index is -0.255. The third-order valence-corrected chi connectivity index (χ3v) is 5.26. The maximum atomic E-state index is 12.6. The molecule has 33 heavy (non-hydrogen) atoms. The topological polar surface area (TPSA) is 90.6 Å². The number of aryl methyl sites for hydroxylation is 1. The van der Waals surface area contributed by atoms with Crippen molar-refractivity contribution in [3.05, 3.63) is 84.2 Å². The lowest BCUT2D eigenvalue weighted by molar-refractivity contribution is 0.102. The van der Waals surface area contributed by atoms with Gasteiger partial charge in [0.15, 0.2) is 0 Å². The van der Waals surface area contributed by atoms with Gasteiger partial charge in [0.25, 0.3) is 11.8 Å². The summed E-state index contributed by atoms with van der Waals surface area (Å²) in [6.45, 7) is 2.03. The van der Waals surface area contributed by atoms with Gasteiger partial charge in [-0.3, -0.25) is 9.20 Å². The van der Waals surface area contributed by atoms with E-state index >= 15 is 0 Å². The fourth-order valence-electron chi connectivity index (χ4n) is 3.66. The predicted molar refractivity (Wildman–Crippen MR) is 125 cm³/mol. The molecule has 0 fully saturated rings. The molecule has 0 aliphatic carbocycles. The van der Waals surface area contributed by atoms with Crippen LogP contribution in [0.25, 0.3) is 16.7 Å². The van der Waals surface area contributed by atoms with Gasteiger partial charge in [0.1, 0.15) is 17.3 Å². The minimum absolute atomic E-state index is 0.255. The number of hydrogen-bond donors (Lipinski definition) is 1. The molecule has 0 atom stereocenters. The molecule has 2 aromatic heterocycles. The molecule has 0 unspecified atom stereocenters. The van der Waals surface area contributed by atoms with Gasteiger partial charge in [0.2, 0.25) is 5.65 Å². The van der Waals surface area contributed by atoms with E-state index in [1.54, 1.807) is 42.5 Å². The van der Waals surface area contributed by atoms with E-state index < -0.39 is 0 Å². The van der Waals surface area contributed by atoms with Crippen LogP contribution >= 0.6 is 0 Å². The molecule has 0 saturated carbocycles. The molecule has 0 radical (unpaired) electrons. The molecule has 0 bridgehead atoms. The van der Waals surface area contributed by atoms with Crippen molar-refractivity contribution in [3.63, 3.8) is 0 Å². The van der Waals surface area contributed by atoms with Crippen molar-refractivity contribution in [1.29, 1.82) is 0 Å². The first-order valence-corrected chi connectivity index (χ1v) is 10.5. The number of nitrogens with one attached hydrogen (secondary N) is 1. The lowest BCUT2D eigenvalue weighted by Crippen LogP contribution is -2.13. The van der Waals surface area contributed by atoms with Crippen molar-refractivity contribution < 1.29 is 14.3 Å². The highest BCUT2D eigenvalue weighted by molar-refractivity contribution is 6.06. The molecule has 8 heteroatoms. The molecule has 5 aromatic rings. The normalized spacial score (nSPS) is 11.0. The number of methoxy groups -OCH3 is 1. The van der Waals surface area contributed by atoms with E-state index in [0.717, 1.165) is 23.3 Å². The third kappa shape index (κ3) is 3.82. The number of fused-ring (bicyclic) bond motifs is 3. The van der Waals surface area contributed by atoms with E-state index in [1.807, 2.05) is 41.7 Å². The zero-order chi connectivity index (χ0) is 22.8. The molecule has 0 spiro atoms. The van der Waals surface area contributed by atoms with Gasteiger partial charge in [-0.25, -0.2) is 4.98 Å². The van der Waals surface area contributed by atoms with Crippen molar-refractivity contribution in [1.82, 2.24) is 19.6 Å². The maximum Gasteiger partial charge on any atom is 0.266 e. The second-order valence-electron chi connectivity index (χ2n) is 7.32. The SMILES string of the molecule is CCc1nnc2c(Oc3ccc(NC(=O)c4ccccc4OC)cc3)nc3ccccc3n12. The number of para-hydroxylation sites is 3. The number of anilines is 1. The van der Waals surface area contributed by atoms with Crippen LogP contribution in [0.5, 0.6) is 17.4 Å². The number of nitrogens with zero attached hydrogens (tertiary/aromatic N) is 4. The number of carbonyl (C=O) groups is 1. The van der Waals surface area contributed by atoms with Gasteiger partial charge in [0, 0.05) is 12.1 Å². The quantitative estimate of drug-likeness (QED) is 0.405. The lowest BCUT2D eigenvalue weighted by Gasteiger charge is -2.11. The summed E-state index contributed by atoms with van der Waals surface area (Å²) in [5.74, 6) is 2.03. The Morgan fingerprint density at radius 1 is 0.970 bits per heavy atom. The van der Waals surface area contributed by atoms with Crippen LogP contribution in [0.1, 0.15) is 23.1 Å². The van der Waals surface area contributed by atoms with Crippen molar-refractivity contribution in [2.45, 2.75) is 13.3 Å². The highest BCUT2D eigenvalue weighted by atomic mass is 16.5. The molecule has 164 valence electrons. The first kappa shape index (κ1) is 20.4. The van der Waals surface area contributed by atoms with Gasteiger partial charge < -0.3 is 14.8 Å². The van der Waals surface area contributed by atoms with Crippen molar-refractivity contribution in [2.24, 2.45) is 0 Å². The van der Waals surface area contributed by atoms with E-state index in [1.165, 1.54) is 7.11 Å². The fraction of sp³-hybridized carbons (Fsp3) is 0.120. The Balaban J connectivity index is 1.41. The van der Waals surface area contributed by atoms with Crippen LogP contribution < -0.4 is 14.8 Å². The van der Waals surface area contributed by atoms with Gasteiger partial charge in [-0.15, -0.1) is 10.2 Å². The number of ether oxygens (including phenoxy) is 2. The summed E-state index contributed by atoms with van der Waals surface area (Å²) >= 11 is 0. The standard InChI is InChI=1S/C25H21N5O3/c1-3-22-28-29-23-25(27-19-9-5-6-10-20(19)30(22)23)33-17-14-12-16(13-15-17)26-24(31)18-8-4-7-11-21(18)32-2/h4-15H,3H2,1-2H3,(H,26,31). The van der Waals surface area contributed by atoms with Crippen LogP contribution in [0.3, 0.4) is 0 Å². The summed E-state index contributed by atoms with van der Waals surface area (Å²) in [5, 5.41) is 11.5. The Kier molecular flexibility index (Phi) is 5.32. The first-order chi connectivity index (χ1) is 16.2. The highest BCUT2D eigenvalue weighted by Gasteiger charge is 2.16. The molecule has 8 nitrogen and oxygen atoms in total. The third-order valence-electron chi connectivity index (χ3n) is 5.26. The van der Waals surface area contributed by atoms with Crippen LogP contribution in [0, 0.1) is 0 Å². The smallest absolute Gasteiger partial charge is 0.266 e. The molecule has 0 saturated heterocycles. The van der Waals surface area contributed by atoms with Crippen LogP contribution in [0.15, 0.2) is 72.8 Å². The summed E-state index contributed by atoms with van der Waals surface area (Å²) in [6.07, 6.45) is 0.731. The fourth-order valence-corrected chi connectivity index (χ4v) is 3.66. The Hall–Kier alpha value is -4.46. The van der Waals surface area contributed by atoms with Gasteiger partial charge in [0.05, 0.1) is 23.7 Å². The number of benzene rings is 3. The Bertz CT molecular complexity index is 1460. The number of aromatic nitrogens is 4. The Morgan fingerprint density at radius 2 is 1.73 bits per heavy atom. The molecule has 1 N–H and O–H groups in total. The lowest BCUT2D eigenvalue weighted by atomic mass is 10.2. The van der Waals surface area contributed by atoms with Crippen molar-refractivity contribution in [2.75, 3.05) is 12.4 Å². The molecule has 0 aliphatic rings. The Labute approximate surface area is 189 Å². The first-order valence-electron chi connectivity index (χ1n) is 10.5. The summed E-state index contributed by atoms with van der Waals surface area (Å²) in [4.78, 5) is 17.3. The van der Waals surface area contributed by atoms with Gasteiger partial charge in [-0.05, 0) is 48.5 Å². The van der Waals surface area contributed by atoms with Crippen LogP contribution in [0.2, 0.25) is 0 Å². The van der Waals surface area contributed by atoms with E-state index in [-0.39, 0.29) is 5.91 Å². The predicted octanol–water partition coefficient (Wildman–Crippen LogP) is 4.89. The zero-order valence-electron chi connectivity index (χ0n) is 18.1. The van der Waals surface area contributed by atoms with E-state index in [0.29, 0.717) is 34.3 Å². The largest absolute Gasteiger partial charge is 0.496 e. The number of hydrogen-bond acceptors (Lipinski definition) is 6. The van der Waals surface area contributed by atoms with Crippen molar-refractivity contribution >= 4 is 28.3 Å². The second-order valence-corrected chi connectivity index (χ2v) is 7.32. The molecule has 2 heterocycles. The van der Waals surface area contributed by atoms with E-state index in [2.05, 4.69) is 20.5 Å². The average molecular weight is 439 g/mol. The second kappa shape index (κ2) is 8.58. The zero-order valence-corrected chi connectivity index (χ0v) is 18.1. The molecular formula is C25H21N5O3. The highest BCUT2D eigenvalue weighted by Crippen LogP contribution is 2.28. The molecular weight excluding hydrogens is 418 g/mol. The summed E-state index contributed by atoms with van der Waals surface area (Å²) < 4.78 is 13.3. The number of amides is 1. The van der Waals surface area contributed by atoms with Crippen molar-refractivity contribution in [3.8, 4) is 17.4 Å². The molecule has 5 rings (SSSR count). The number of rotatable bonds is 6. The van der Waals surface area contributed by atoms with Gasteiger partial charge in [-0.2, -0.15) is 0 Å². The van der Waals surface area contributed by atoms with Gasteiger partial charge in [-0.1, -0.05) is 31.2 Å². The van der Waals surface area contributed by atoms with Crippen LogP contribution in [-0.2, 0) is 6.42 Å². The molecule has 1 amide bonds. The van der Waals surface area contributed by atoms with Crippen LogP contribution in [0.4, 0.5) is 5.69 Å². The maximum absolute atomic E-state index is 12.6. The average Bonchev–Trinajstić information content (AvgIpc) is 3.30. The monoisotopic (exact) mass is 439 g/mol. The van der Waals surface area contributed by atoms with E-state index in [9.17, 15) is 4.79 Å². The molecule has 0 aliphatic heterocycles. The van der Waals surface area contributed by atoms with E-state index in [4.69, 9.17) is 9.47 Å². The minimum Gasteiger partial charge on any atom is -0.496 e. The van der Waals surface area contributed by atoms with Gasteiger partial charge >= 0.3 is 0 Å². The Morgan fingerprint density at radius 3 is 2.52 bits per heavy atom. The summed E-state index contributed by atoms with van der Waals surface area (Å²) in [7, 11) is 1.54. The molecule has 3 aromatic carbocycles. The summed E-state index contributed by atoms with van der Waals surface area (Å²) in [6, 6.07) is 21.9. The number of carbonyl (C=O) groups excluding carboxylic acids is 1.